The first kappa shape index (κ1) is 24.0. The van der Waals surface area contributed by atoms with Crippen LogP contribution < -0.4 is 10.2 Å². The molecule has 1 saturated heterocycles. The number of sulfonamides is 1. The molecule has 4 rings (SSSR count). The lowest BCUT2D eigenvalue weighted by molar-refractivity contribution is 0.0947. The maximum Gasteiger partial charge on any atom is 0.263 e. The minimum absolute atomic E-state index is 0.0785. The number of piperazine rings is 1. The van der Waals surface area contributed by atoms with E-state index in [0.29, 0.717) is 39.3 Å². The van der Waals surface area contributed by atoms with Crippen molar-refractivity contribution in [3.05, 3.63) is 77.0 Å². The Kier molecular flexibility index (Phi) is 7.04. The lowest BCUT2D eigenvalue weighted by Gasteiger charge is -2.36. The minimum atomic E-state index is -3.92. The molecule has 1 aliphatic heterocycles. The molecule has 0 unspecified atom stereocenters. The lowest BCUT2D eigenvalue weighted by Crippen LogP contribution is -2.49. The molecule has 34 heavy (non-hydrogen) atoms. The fourth-order valence-corrected chi connectivity index (χ4v) is 5.68. The summed E-state index contributed by atoms with van der Waals surface area (Å²) in [5, 5.41) is 6.91. The lowest BCUT2D eigenvalue weighted by atomic mass is 10.1. The van der Waals surface area contributed by atoms with Gasteiger partial charge >= 0.3 is 0 Å². The van der Waals surface area contributed by atoms with Crippen LogP contribution in [0.25, 0.3) is 0 Å². The SMILES string of the molecule is CCn1cc(C(=O)NCc2ccccc2)c(S(=O)(=O)N2CCN(c3cccc(C)c3C)CC2)n1. The van der Waals surface area contributed by atoms with Crippen molar-refractivity contribution in [3.8, 4) is 0 Å². The van der Waals surface area contributed by atoms with E-state index in [9.17, 15) is 13.2 Å². The third-order valence-electron chi connectivity index (χ3n) is 6.33. The van der Waals surface area contributed by atoms with E-state index in [1.54, 1.807) is 0 Å². The first-order valence-corrected chi connectivity index (χ1v) is 13.0. The number of amides is 1. The van der Waals surface area contributed by atoms with E-state index in [1.807, 2.05) is 43.3 Å². The van der Waals surface area contributed by atoms with Crippen LogP contribution in [0.4, 0.5) is 5.69 Å². The van der Waals surface area contributed by atoms with Crippen LogP contribution in [0.1, 0.15) is 34.0 Å². The standard InChI is InChI=1S/C25H31N5O3S/c1-4-29-18-22(24(31)26-17-21-10-6-5-7-11-21)25(27-29)34(32,33)30-15-13-28(14-16-30)23-12-8-9-19(2)20(23)3/h5-12,18H,4,13-17H2,1-3H3,(H,26,31). The molecule has 1 N–H and O–H groups in total. The van der Waals surface area contributed by atoms with Gasteiger partial charge in [0.05, 0.1) is 5.56 Å². The Labute approximate surface area is 201 Å². The largest absolute Gasteiger partial charge is 0.369 e. The molecule has 1 fully saturated rings. The Balaban J connectivity index is 1.51. The van der Waals surface area contributed by atoms with E-state index in [2.05, 4.69) is 41.3 Å². The molecule has 2 heterocycles. The zero-order chi connectivity index (χ0) is 24.3. The van der Waals surface area contributed by atoms with Crippen LogP contribution in [-0.2, 0) is 23.1 Å². The van der Waals surface area contributed by atoms with Gasteiger partial charge in [-0.25, -0.2) is 8.42 Å². The number of nitrogens with zero attached hydrogens (tertiary/aromatic N) is 4. The third kappa shape index (κ3) is 4.85. The molecule has 0 saturated carbocycles. The van der Waals surface area contributed by atoms with Gasteiger partial charge < -0.3 is 10.2 Å². The predicted octanol–water partition coefficient (Wildman–Crippen LogP) is 2.96. The Hall–Kier alpha value is -3.17. The van der Waals surface area contributed by atoms with Gasteiger partial charge in [0.25, 0.3) is 15.9 Å². The summed E-state index contributed by atoms with van der Waals surface area (Å²) in [6, 6.07) is 15.7. The molecule has 1 aliphatic rings. The van der Waals surface area contributed by atoms with Crippen LogP contribution in [0.2, 0.25) is 0 Å². The summed E-state index contributed by atoms with van der Waals surface area (Å²) in [5.74, 6) is -0.448. The summed E-state index contributed by atoms with van der Waals surface area (Å²) < 4.78 is 30.0. The molecule has 9 heteroatoms. The number of aryl methyl sites for hydroxylation is 2. The average Bonchev–Trinajstić information content (AvgIpc) is 3.31. The van der Waals surface area contributed by atoms with E-state index in [0.717, 1.165) is 11.3 Å². The molecule has 0 bridgehead atoms. The van der Waals surface area contributed by atoms with Gasteiger partial charge in [0.1, 0.15) is 0 Å². The molecule has 0 radical (unpaired) electrons. The number of rotatable bonds is 7. The normalized spacial score (nSPS) is 14.9. The van der Waals surface area contributed by atoms with E-state index in [4.69, 9.17) is 0 Å². The summed E-state index contributed by atoms with van der Waals surface area (Å²) in [6.07, 6.45) is 1.51. The molecule has 1 aromatic heterocycles. The highest BCUT2D eigenvalue weighted by molar-refractivity contribution is 7.89. The Bertz CT molecular complexity index is 1260. The molecule has 3 aromatic rings. The number of carbonyl (C=O) groups excluding carboxylic acids is 1. The molecule has 0 aliphatic carbocycles. The summed E-state index contributed by atoms with van der Waals surface area (Å²) in [6.45, 7) is 8.62. The van der Waals surface area contributed by atoms with E-state index in [1.165, 1.54) is 26.3 Å². The average molecular weight is 482 g/mol. The first-order chi connectivity index (χ1) is 16.3. The highest BCUT2D eigenvalue weighted by Gasteiger charge is 2.35. The van der Waals surface area contributed by atoms with Gasteiger partial charge in [0, 0.05) is 51.2 Å². The maximum atomic E-state index is 13.5. The van der Waals surface area contributed by atoms with Gasteiger partial charge in [-0.2, -0.15) is 9.40 Å². The number of anilines is 1. The number of benzene rings is 2. The predicted molar refractivity (Wildman–Crippen MR) is 132 cm³/mol. The van der Waals surface area contributed by atoms with E-state index < -0.39 is 15.9 Å². The summed E-state index contributed by atoms with van der Waals surface area (Å²) >= 11 is 0. The molecule has 0 spiro atoms. The monoisotopic (exact) mass is 481 g/mol. The minimum Gasteiger partial charge on any atom is -0.369 e. The van der Waals surface area contributed by atoms with Crippen molar-refractivity contribution in [2.75, 3.05) is 31.1 Å². The van der Waals surface area contributed by atoms with Crippen LogP contribution in [0.15, 0.2) is 59.8 Å². The van der Waals surface area contributed by atoms with Crippen molar-refractivity contribution in [1.29, 1.82) is 0 Å². The number of nitrogens with one attached hydrogen (secondary N) is 1. The van der Waals surface area contributed by atoms with E-state index >= 15 is 0 Å². The fraction of sp³-hybridized carbons (Fsp3) is 0.360. The Morgan fingerprint density at radius 3 is 2.38 bits per heavy atom. The van der Waals surface area contributed by atoms with Crippen LogP contribution >= 0.6 is 0 Å². The van der Waals surface area contributed by atoms with Crippen LogP contribution in [0.5, 0.6) is 0 Å². The van der Waals surface area contributed by atoms with Gasteiger partial charge in [-0.3, -0.25) is 9.48 Å². The van der Waals surface area contributed by atoms with Crippen molar-refractivity contribution in [3.63, 3.8) is 0 Å². The quantitative estimate of drug-likeness (QED) is 0.561. The van der Waals surface area contributed by atoms with Gasteiger partial charge in [-0.15, -0.1) is 0 Å². The van der Waals surface area contributed by atoms with Gasteiger partial charge in [-0.1, -0.05) is 42.5 Å². The molecule has 2 aromatic carbocycles. The zero-order valence-electron chi connectivity index (χ0n) is 19.9. The fourth-order valence-electron chi connectivity index (χ4n) is 4.16. The van der Waals surface area contributed by atoms with Crippen molar-refractivity contribution in [1.82, 2.24) is 19.4 Å². The smallest absolute Gasteiger partial charge is 0.263 e. The second-order valence-electron chi connectivity index (χ2n) is 8.48. The Morgan fingerprint density at radius 1 is 1.00 bits per heavy atom. The number of hydrogen-bond acceptors (Lipinski definition) is 5. The van der Waals surface area contributed by atoms with Crippen molar-refractivity contribution < 1.29 is 13.2 Å². The number of carbonyl (C=O) groups is 1. The van der Waals surface area contributed by atoms with Gasteiger partial charge in [0.2, 0.25) is 5.03 Å². The van der Waals surface area contributed by atoms with Gasteiger partial charge in [0.15, 0.2) is 0 Å². The highest BCUT2D eigenvalue weighted by Crippen LogP contribution is 2.26. The van der Waals surface area contributed by atoms with Crippen LogP contribution in [0, 0.1) is 13.8 Å². The topological polar surface area (TPSA) is 87.5 Å². The van der Waals surface area contributed by atoms with E-state index in [-0.39, 0.29) is 10.6 Å². The zero-order valence-corrected chi connectivity index (χ0v) is 20.7. The third-order valence-corrected chi connectivity index (χ3v) is 8.17. The molecule has 1 amide bonds. The van der Waals surface area contributed by atoms with Crippen molar-refractivity contribution >= 4 is 21.6 Å². The van der Waals surface area contributed by atoms with Crippen molar-refractivity contribution in [2.45, 2.75) is 38.9 Å². The molecule has 8 nitrogen and oxygen atoms in total. The second-order valence-corrected chi connectivity index (χ2v) is 10.3. The molecule has 0 atom stereocenters. The summed E-state index contributed by atoms with van der Waals surface area (Å²) in [4.78, 5) is 15.2. The molecule has 180 valence electrons. The summed E-state index contributed by atoms with van der Waals surface area (Å²) in [7, 11) is -3.92. The molecular weight excluding hydrogens is 450 g/mol. The first-order valence-electron chi connectivity index (χ1n) is 11.5. The maximum absolute atomic E-state index is 13.5. The second kappa shape index (κ2) is 9.99. The van der Waals surface area contributed by atoms with Crippen LogP contribution in [0.3, 0.4) is 0 Å². The number of aromatic nitrogens is 2. The Morgan fingerprint density at radius 2 is 1.71 bits per heavy atom. The molecular formula is C25H31N5O3S. The number of hydrogen-bond donors (Lipinski definition) is 1. The highest BCUT2D eigenvalue weighted by atomic mass is 32.2. The summed E-state index contributed by atoms with van der Waals surface area (Å²) in [5.41, 5.74) is 4.57. The van der Waals surface area contributed by atoms with Gasteiger partial charge in [-0.05, 0) is 43.5 Å². The van der Waals surface area contributed by atoms with Crippen molar-refractivity contribution in [2.24, 2.45) is 0 Å². The van der Waals surface area contributed by atoms with Crippen LogP contribution in [-0.4, -0.2) is 54.6 Å².